The van der Waals surface area contributed by atoms with Crippen LogP contribution in [0.4, 0.5) is 10.1 Å². The van der Waals surface area contributed by atoms with Crippen LogP contribution in [0, 0.1) is 12.7 Å². The van der Waals surface area contributed by atoms with Crippen LogP contribution in [0.15, 0.2) is 54.7 Å². The summed E-state index contributed by atoms with van der Waals surface area (Å²) < 4.78 is 18.1. The topological polar surface area (TPSA) is 64.1 Å². The minimum absolute atomic E-state index is 0.342. The van der Waals surface area contributed by atoms with E-state index in [-0.39, 0.29) is 11.7 Å². The van der Waals surface area contributed by atoms with Crippen LogP contribution in [-0.4, -0.2) is 23.0 Å². The second kappa shape index (κ2) is 7.09. The van der Waals surface area contributed by atoms with Crippen LogP contribution in [0.1, 0.15) is 16.1 Å². The number of carbonyl (C=O) groups is 1. The highest BCUT2D eigenvalue weighted by atomic mass is 19.1. The molecule has 0 fully saturated rings. The minimum atomic E-state index is -0.360. The lowest BCUT2D eigenvalue weighted by Gasteiger charge is -2.09. The Morgan fingerprint density at radius 1 is 1.08 bits per heavy atom. The summed E-state index contributed by atoms with van der Waals surface area (Å²) in [6.07, 6.45) is 1.49. The van der Waals surface area contributed by atoms with Gasteiger partial charge in [0, 0.05) is 17.4 Å². The van der Waals surface area contributed by atoms with Crippen LogP contribution in [0.2, 0.25) is 0 Å². The SMILES string of the molecule is COc1ccc(-c2ncc(C(=O)Nc3ccc(F)cc3)c(C)n2)cc1. The van der Waals surface area contributed by atoms with E-state index in [1.54, 1.807) is 14.0 Å². The summed E-state index contributed by atoms with van der Waals surface area (Å²) in [4.78, 5) is 21.0. The maximum Gasteiger partial charge on any atom is 0.259 e. The van der Waals surface area contributed by atoms with Crippen LogP contribution >= 0.6 is 0 Å². The van der Waals surface area contributed by atoms with Crippen LogP contribution in [-0.2, 0) is 0 Å². The first-order chi connectivity index (χ1) is 12.1. The molecular weight excluding hydrogens is 321 g/mol. The molecule has 0 unspecified atom stereocenters. The lowest BCUT2D eigenvalue weighted by molar-refractivity contribution is 0.102. The summed E-state index contributed by atoms with van der Waals surface area (Å²) in [5.41, 5.74) is 2.25. The minimum Gasteiger partial charge on any atom is -0.497 e. The van der Waals surface area contributed by atoms with E-state index in [2.05, 4.69) is 15.3 Å². The molecule has 0 bridgehead atoms. The Kier molecular flexibility index (Phi) is 4.70. The van der Waals surface area contributed by atoms with Crippen LogP contribution < -0.4 is 10.1 Å². The fraction of sp³-hybridized carbons (Fsp3) is 0.105. The van der Waals surface area contributed by atoms with Crippen molar-refractivity contribution in [2.24, 2.45) is 0 Å². The number of hydrogen-bond donors (Lipinski definition) is 1. The van der Waals surface area contributed by atoms with Gasteiger partial charge in [0.15, 0.2) is 5.82 Å². The second-order valence-corrected chi connectivity index (χ2v) is 5.38. The van der Waals surface area contributed by atoms with Crippen LogP contribution in [0.25, 0.3) is 11.4 Å². The summed E-state index contributed by atoms with van der Waals surface area (Å²) in [6, 6.07) is 12.9. The highest BCUT2D eigenvalue weighted by molar-refractivity contribution is 6.04. The van der Waals surface area contributed by atoms with E-state index in [9.17, 15) is 9.18 Å². The molecule has 0 aliphatic rings. The van der Waals surface area contributed by atoms with Crippen molar-refractivity contribution in [1.29, 1.82) is 0 Å². The predicted molar refractivity (Wildman–Crippen MR) is 93.1 cm³/mol. The normalized spacial score (nSPS) is 10.4. The Labute approximate surface area is 144 Å². The molecule has 126 valence electrons. The van der Waals surface area contributed by atoms with Crippen molar-refractivity contribution in [2.45, 2.75) is 6.92 Å². The van der Waals surface area contributed by atoms with E-state index in [1.807, 2.05) is 24.3 Å². The fourth-order valence-corrected chi connectivity index (χ4v) is 2.30. The summed E-state index contributed by atoms with van der Waals surface area (Å²) in [7, 11) is 1.60. The number of methoxy groups -OCH3 is 1. The predicted octanol–water partition coefficient (Wildman–Crippen LogP) is 3.85. The average molecular weight is 337 g/mol. The molecule has 0 atom stereocenters. The molecule has 6 heteroatoms. The van der Waals surface area contributed by atoms with Crippen molar-refractivity contribution in [3.05, 3.63) is 71.8 Å². The van der Waals surface area contributed by atoms with E-state index in [4.69, 9.17) is 4.74 Å². The number of amides is 1. The smallest absolute Gasteiger partial charge is 0.259 e. The standard InChI is InChI=1S/C19H16FN3O2/c1-12-17(19(24)23-15-7-5-14(20)6-8-15)11-21-18(22-12)13-3-9-16(25-2)10-4-13/h3-11H,1-2H3,(H,23,24). The quantitative estimate of drug-likeness (QED) is 0.785. The Hall–Kier alpha value is -3.28. The largest absolute Gasteiger partial charge is 0.497 e. The van der Waals surface area contributed by atoms with Crippen LogP contribution in [0.5, 0.6) is 5.75 Å². The first-order valence-electron chi connectivity index (χ1n) is 7.62. The summed E-state index contributed by atoms with van der Waals surface area (Å²) in [5.74, 6) is 0.570. The summed E-state index contributed by atoms with van der Waals surface area (Å²) >= 11 is 0. The lowest BCUT2D eigenvalue weighted by atomic mass is 10.1. The fourth-order valence-electron chi connectivity index (χ4n) is 2.30. The average Bonchev–Trinajstić information content (AvgIpc) is 2.63. The van der Waals surface area contributed by atoms with Crippen molar-refractivity contribution in [3.8, 4) is 17.1 Å². The van der Waals surface area contributed by atoms with E-state index >= 15 is 0 Å². The summed E-state index contributed by atoms with van der Waals surface area (Å²) in [6.45, 7) is 1.74. The van der Waals surface area contributed by atoms with Gasteiger partial charge in [0.2, 0.25) is 0 Å². The number of aryl methyl sites for hydroxylation is 1. The molecule has 0 radical (unpaired) electrons. The number of aromatic nitrogens is 2. The van der Waals surface area contributed by atoms with E-state index in [0.29, 0.717) is 22.8 Å². The number of nitrogens with one attached hydrogen (secondary N) is 1. The number of benzene rings is 2. The van der Waals surface area contributed by atoms with Gasteiger partial charge < -0.3 is 10.1 Å². The first kappa shape index (κ1) is 16.6. The zero-order valence-electron chi connectivity index (χ0n) is 13.8. The zero-order valence-corrected chi connectivity index (χ0v) is 13.8. The monoisotopic (exact) mass is 337 g/mol. The highest BCUT2D eigenvalue weighted by Crippen LogP contribution is 2.20. The van der Waals surface area contributed by atoms with Gasteiger partial charge in [0.25, 0.3) is 5.91 Å². The van der Waals surface area contributed by atoms with Gasteiger partial charge in [-0.1, -0.05) is 0 Å². The molecule has 5 nitrogen and oxygen atoms in total. The molecule has 2 aromatic carbocycles. The molecule has 3 rings (SSSR count). The first-order valence-corrected chi connectivity index (χ1v) is 7.62. The maximum absolute atomic E-state index is 12.9. The Morgan fingerprint density at radius 3 is 2.36 bits per heavy atom. The van der Waals surface area contributed by atoms with E-state index in [0.717, 1.165) is 11.3 Å². The molecule has 0 saturated heterocycles. The van der Waals surface area contributed by atoms with Gasteiger partial charge in [-0.3, -0.25) is 4.79 Å². The molecule has 25 heavy (non-hydrogen) atoms. The van der Waals surface area contributed by atoms with Gasteiger partial charge in [-0.15, -0.1) is 0 Å². The molecular formula is C19H16FN3O2. The molecule has 0 spiro atoms. The third kappa shape index (κ3) is 3.80. The Bertz CT molecular complexity index is 894. The summed E-state index contributed by atoms with van der Waals surface area (Å²) in [5, 5.41) is 2.70. The number of halogens is 1. The number of carbonyl (C=O) groups excluding carboxylic acids is 1. The van der Waals surface area contributed by atoms with Gasteiger partial charge in [-0.05, 0) is 55.5 Å². The lowest BCUT2D eigenvalue weighted by Crippen LogP contribution is -2.15. The number of anilines is 1. The molecule has 0 saturated carbocycles. The van der Waals surface area contributed by atoms with Gasteiger partial charge in [-0.25, -0.2) is 14.4 Å². The van der Waals surface area contributed by atoms with Crippen molar-refractivity contribution in [2.75, 3.05) is 12.4 Å². The van der Waals surface area contributed by atoms with Crippen molar-refractivity contribution >= 4 is 11.6 Å². The number of ether oxygens (including phenoxy) is 1. The Balaban J connectivity index is 1.81. The number of nitrogens with zero attached hydrogens (tertiary/aromatic N) is 2. The van der Waals surface area contributed by atoms with Gasteiger partial charge in [0.05, 0.1) is 18.4 Å². The van der Waals surface area contributed by atoms with E-state index in [1.165, 1.54) is 30.5 Å². The van der Waals surface area contributed by atoms with Crippen molar-refractivity contribution < 1.29 is 13.9 Å². The third-order valence-corrected chi connectivity index (χ3v) is 3.67. The number of hydrogen-bond acceptors (Lipinski definition) is 4. The second-order valence-electron chi connectivity index (χ2n) is 5.38. The molecule has 1 N–H and O–H groups in total. The third-order valence-electron chi connectivity index (χ3n) is 3.67. The van der Waals surface area contributed by atoms with Crippen molar-refractivity contribution in [1.82, 2.24) is 9.97 Å². The van der Waals surface area contributed by atoms with Crippen molar-refractivity contribution in [3.63, 3.8) is 0 Å². The molecule has 3 aromatic rings. The van der Waals surface area contributed by atoms with Gasteiger partial charge in [-0.2, -0.15) is 0 Å². The molecule has 1 amide bonds. The zero-order chi connectivity index (χ0) is 17.8. The number of rotatable bonds is 4. The molecule has 0 aliphatic heterocycles. The Morgan fingerprint density at radius 2 is 1.76 bits per heavy atom. The molecule has 0 aliphatic carbocycles. The van der Waals surface area contributed by atoms with Gasteiger partial charge in [0.1, 0.15) is 11.6 Å². The van der Waals surface area contributed by atoms with Gasteiger partial charge >= 0.3 is 0 Å². The maximum atomic E-state index is 12.9. The van der Waals surface area contributed by atoms with Crippen LogP contribution in [0.3, 0.4) is 0 Å². The van der Waals surface area contributed by atoms with E-state index < -0.39 is 0 Å². The highest BCUT2D eigenvalue weighted by Gasteiger charge is 2.13. The molecule has 1 heterocycles. The molecule has 1 aromatic heterocycles.